The van der Waals surface area contributed by atoms with Crippen LogP contribution in [0.1, 0.15) is 10.4 Å². The highest BCUT2D eigenvalue weighted by Crippen LogP contribution is 2.22. The normalized spacial score (nSPS) is 9.52. The zero-order valence-electron chi connectivity index (χ0n) is 11.5. The standard InChI is InChI=1S/C14H16N2O4S/c1-3-7-21-8-6-15-14(19)16-12-9-10(20-2)4-5-11(12)13(17)18/h1,4-5,9H,6-8H2,2H3,(H,17,18)(H2,15,16,19). The minimum atomic E-state index is -1.13. The maximum absolute atomic E-state index is 11.7. The van der Waals surface area contributed by atoms with Gasteiger partial charge in [-0.2, -0.15) is 0 Å². The van der Waals surface area contributed by atoms with Crippen molar-refractivity contribution < 1.29 is 19.4 Å². The largest absolute Gasteiger partial charge is 0.497 e. The van der Waals surface area contributed by atoms with E-state index in [1.54, 1.807) is 0 Å². The van der Waals surface area contributed by atoms with Crippen molar-refractivity contribution in [3.8, 4) is 18.1 Å². The molecule has 6 nitrogen and oxygen atoms in total. The predicted molar refractivity (Wildman–Crippen MR) is 83.1 cm³/mol. The molecule has 7 heteroatoms. The van der Waals surface area contributed by atoms with Gasteiger partial charge in [0.15, 0.2) is 0 Å². The van der Waals surface area contributed by atoms with E-state index in [9.17, 15) is 9.59 Å². The Balaban J connectivity index is 2.62. The van der Waals surface area contributed by atoms with Crippen LogP contribution < -0.4 is 15.4 Å². The molecule has 0 radical (unpaired) electrons. The summed E-state index contributed by atoms with van der Waals surface area (Å²) in [4.78, 5) is 22.8. The number of carbonyl (C=O) groups excluding carboxylic acids is 1. The number of amides is 2. The van der Waals surface area contributed by atoms with Gasteiger partial charge in [-0.15, -0.1) is 18.2 Å². The summed E-state index contributed by atoms with van der Waals surface area (Å²) >= 11 is 1.52. The molecule has 0 fully saturated rings. The zero-order valence-corrected chi connectivity index (χ0v) is 12.3. The molecule has 0 saturated carbocycles. The summed E-state index contributed by atoms with van der Waals surface area (Å²) in [6, 6.07) is 3.87. The van der Waals surface area contributed by atoms with Crippen LogP contribution in [0.25, 0.3) is 0 Å². The molecule has 0 atom stereocenters. The third kappa shape index (κ3) is 5.67. The topological polar surface area (TPSA) is 87.7 Å². The summed E-state index contributed by atoms with van der Waals surface area (Å²) in [6.45, 7) is 0.435. The summed E-state index contributed by atoms with van der Waals surface area (Å²) in [6.07, 6.45) is 5.11. The summed E-state index contributed by atoms with van der Waals surface area (Å²) in [7, 11) is 1.46. The number of rotatable bonds is 7. The second-order valence-corrected chi connectivity index (χ2v) is 4.96. The quantitative estimate of drug-likeness (QED) is 0.529. The second-order valence-electron chi connectivity index (χ2n) is 3.85. The minimum Gasteiger partial charge on any atom is -0.497 e. The maximum Gasteiger partial charge on any atom is 0.337 e. The second kappa shape index (κ2) is 8.76. The number of terminal acetylenes is 1. The highest BCUT2D eigenvalue weighted by Gasteiger charge is 2.13. The Morgan fingerprint density at radius 1 is 1.48 bits per heavy atom. The fraction of sp³-hybridized carbons (Fsp3) is 0.286. The number of aromatic carboxylic acids is 1. The van der Waals surface area contributed by atoms with Crippen LogP contribution in [0.4, 0.5) is 10.5 Å². The van der Waals surface area contributed by atoms with Crippen molar-refractivity contribution in [2.45, 2.75) is 0 Å². The molecule has 1 aromatic carbocycles. The van der Waals surface area contributed by atoms with Gasteiger partial charge >= 0.3 is 12.0 Å². The van der Waals surface area contributed by atoms with E-state index in [1.165, 1.54) is 37.1 Å². The number of thioether (sulfide) groups is 1. The van der Waals surface area contributed by atoms with E-state index in [2.05, 4.69) is 16.6 Å². The van der Waals surface area contributed by atoms with E-state index < -0.39 is 12.0 Å². The van der Waals surface area contributed by atoms with Gasteiger partial charge in [0.2, 0.25) is 0 Å². The summed E-state index contributed by atoms with van der Waals surface area (Å²) in [5.74, 6) is 3.08. The van der Waals surface area contributed by atoms with Gasteiger partial charge in [-0.25, -0.2) is 9.59 Å². The van der Waals surface area contributed by atoms with Gasteiger partial charge in [-0.05, 0) is 12.1 Å². The van der Waals surface area contributed by atoms with Crippen LogP contribution in [0.3, 0.4) is 0 Å². The van der Waals surface area contributed by atoms with E-state index in [0.717, 1.165) is 0 Å². The van der Waals surface area contributed by atoms with Crippen LogP contribution >= 0.6 is 11.8 Å². The number of hydrogen-bond acceptors (Lipinski definition) is 4. The molecule has 112 valence electrons. The van der Waals surface area contributed by atoms with E-state index in [0.29, 0.717) is 23.8 Å². The maximum atomic E-state index is 11.7. The Hall–Kier alpha value is -2.33. The Kier molecular flexibility index (Phi) is 6.98. The SMILES string of the molecule is C#CCSCCNC(=O)Nc1cc(OC)ccc1C(=O)O. The van der Waals surface area contributed by atoms with Gasteiger partial charge < -0.3 is 20.5 Å². The van der Waals surface area contributed by atoms with Crippen LogP contribution in [0.15, 0.2) is 18.2 Å². The Morgan fingerprint density at radius 2 is 2.24 bits per heavy atom. The lowest BCUT2D eigenvalue weighted by molar-refractivity contribution is 0.0698. The lowest BCUT2D eigenvalue weighted by Crippen LogP contribution is -2.31. The number of anilines is 1. The van der Waals surface area contributed by atoms with Crippen molar-refractivity contribution >= 4 is 29.4 Å². The smallest absolute Gasteiger partial charge is 0.337 e. The van der Waals surface area contributed by atoms with Crippen molar-refractivity contribution in [2.24, 2.45) is 0 Å². The average molecular weight is 308 g/mol. The fourth-order valence-electron chi connectivity index (χ4n) is 1.47. The first-order valence-electron chi connectivity index (χ1n) is 6.06. The molecule has 21 heavy (non-hydrogen) atoms. The number of benzene rings is 1. The van der Waals surface area contributed by atoms with Crippen LogP contribution in [-0.2, 0) is 0 Å². The summed E-state index contributed by atoms with van der Waals surface area (Å²) in [5, 5.41) is 14.2. The lowest BCUT2D eigenvalue weighted by atomic mass is 10.1. The average Bonchev–Trinajstić information content (AvgIpc) is 2.46. The van der Waals surface area contributed by atoms with Gasteiger partial charge in [-0.3, -0.25) is 0 Å². The van der Waals surface area contributed by atoms with Crippen LogP contribution in [0.5, 0.6) is 5.75 Å². The number of nitrogens with one attached hydrogen (secondary N) is 2. The highest BCUT2D eigenvalue weighted by molar-refractivity contribution is 7.99. The molecule has 0 unspecified atom stereocenters. The number of methoxy groups -OCH3 is 1. The molecule has 0 aliphatic carbocycles. The van der Waals surface area contributed by atoms with E-state index >= 15 is 0 Å². The molecule has 1 rings (SSSR count). The van der Waals surface area contributed by atoms with Gasteiger partial charge in [0.1, 0.15) is 5.75 Å². The summed E-state index contributed by atoms with van der Waals surface area (Å²) in [5.41, 5.74) is 0.170. The number of ether oxygens (including phenoxy) is 1. The van der Waals surface area contributed by atoms with Crippen LogP contribution in [0, 0.1) is 12.3 Å². The first-order valence-corrected chi connectivity index (χ1v) is 7.21. The van der Waals surface area contributed by atoms with Gasteiger partial charge in [0.05, 0.1) is 24.1 Å². The van der Waals surface area contributed by atoms with Gasteiger partial charge in [0.25, 0.3) is 0 Å². The molecule has 0 aromatic heterocycles. The molecule has 0 heterocycles. The lowest BCUT2D eigenvalue weighted by Gasteiger charge is -2.11. The van der Waals surface area contributed by atoms with E-state index in [4.69, 9.17) is 16.3 Å². The van der Waals surface area contributed by atoms with Crippen LogP contribution in [0.2, 0.25) is 0 Å². The molecule has 0 aliphatic heterocycles. The molecular weight excluding hydrogens is 292 g/mol. The molecule has 0 spiro atoms. The van der Waals surface area contributed by atoms with Crippen molar-refractivity contribution in [3.63, 3.8) is 0 Å². The number of carboxylic acid groups (broad SMARTS) is 1. The molecule has 1 aromatic rings. The molecule has 2 amide bonds. The van der Waals surface area contributed by atoms with Crippen molar-refractivity contribution in [2.75, 3.05) is 30.5 Å². The number of carboxylic acids is 1. The highest BCUT2D eigenvalue weighted by atomic mass is 32.2. The van der Waals surface area contributed by atoms with Gasteiger partial charge in [-0.1, -0.05) is 5.92 Å². The predicted octanol–water partition coefficient (Wildman–Crippen LogP) is 1.88. The third-order valence-corrected chi connectivity index (χ3v) is 3.29. The van der Waals surface area contributed by atoms with Crippen LogP contribution in [-0.4, -0.2) is 42.3 Å². The summed E-state index contributed by atoms with van der Waals surface area (Å²) < 4.78 is 5.01. The fourth-order valence-corrected chi connectivity index (χ4v) is 1.98. The van der Waals surface area contributed by atoms with Crippen molar-refractivity contribution in [3.05, 3.63) is 23.8 Å². The molecule has 0 saturated heterocycles. The van der Waals surface area contributed by atoms with Gasteiger partial charge in [0, 0.05) is 18.4 Å². The number of hydrogen-bond donors (Lipinski definition) is 3. The number of urea groups is 1. The Morgan fingerprint density at radius 3 is 2.86 bits per heavy atom. The molecule has 3 N–H and O–H groups in total. The monoisotopic (exact) mass is 308 g/mol. The molecule has 0 aliphatic rings. The first kappa shape index (κ1) is 16.7. The van der Waals surface area contributed by atoms with E-state index in [1.807, 2.05) is 0 Å². The Bertz CT molecular complexity index is 554. The third-order valence-electron chi connectivity index (χ3n) is 2.42. The molecular formula is C14H16N2O4S. The Labute approximate surface area is 127 Å². The zero-order chi connectivity index (χ0) is 15.7. The van der Waals surface area contributed by atoms with E-state index in [-0.39, 0.29) is 11.3 Å². The first-order chi connectivity index (χ1) is 10.1. The molecule has 0 bridgehead atoms. The van der Waals surface area contributed by atoms with Crippen molar-refractivity contribution in [1.29, 1.82) is 0 Å². The van der Waals surface area contributed by atoms with Crippen molar-refractivity contribution in [1.82, 2.24) is 5.32 Å². The minimum absolute atomic E-state index is 0.00680. The number of carbonyl (C=O) groups is 2.